The van der Waals surface area contributed by atoms with E-state index in [2.05, 4.69) is 177 Å². The minimum Gasteiger partial charge on any atom is -0.456 e. The minimum atomic E-state index is -0.0400. The molecule has 10 aromatic rings. The van der Waals surface area contributed by atoms with Crippen LogP contribution in [-0.4, -0.2) is 11.3 Å². The van der Waals surface area contributed by atoms with Gasteiger partial charge in [0.1, 0.15) is 11.2 Å². The highest BCUT2D eigenvalue weighted by Crippen LogP contribution is 2.51. The molecule has 0 bridgehead atoms. The Morgan fingerprint density at radius 3 is 2.20 bits per heavy atom. The van der Waals surface area contributed by atoms with Crippen molar-refractivity contribution in [2.24, 2.45) is 0 Å². The van der Waals surface area contributed by atoms with E-state index in [1.165, 1.54) is 86.9 Å². The molecule has 0 saturated carbocycles. The maximum Gasteiger partial charge on any atom is 0.333 e. The number of nitrogens with zero attached hydrogens (tertiary/aromatic N) is 2. The number of benzene rings is 7. The fourth-order valence-corrected chi connectivity index (χ4v) is 10.8. The van der Waals surface area contributed by atoms with Crippen LogP contribution >= 0.6 is 11.3 Å². The van der Waals surface area contributed by atoms with Crippen LogP contribution in [0.4, 0.5) is 17.1 Å². The van der Waals surface area contributed by atoms with Gasteiger partial charge in [0.25, 0.3) is 0 Å². The first-order valence-corrected chi connectivity index (χ1v) is 19.7. The number of anilines is 3. The third kappa shape index (κ3) is 3.97. The summed E-state index contributed by atoms with van der Waals surface area (Å²) >= 11 is 1.92. The molecule has 5 heteroatoms. The zero-order chi connectivity index (χ0) is 36.0. The third-order valence-electron chi connectivity index (χ3n) is 11.9. The van der Waals surface area contributed by atoms with E-state index >= 15 is 0 Å². The molecule has 12 rings (SSSR count). The van der Waals surface area contributed by atoms with Crippen LogP contribution in [0.15, 0.2) is 144 Å². The number of furan rings is 1. The molecule has 0 unspecified atom stereocenters. The number of para-hydroxylation sites is 2. The van der Waals surface area contributed by atoms with Crippen LogP contribution in [0.2, 0.25) is 0 Å². The van der Waals surface area contributed by atoms with Crippen LogP contribution in [0, 0.1) is 6.92 Å². The summed E-state index contributed by atoms with van der Waals surface area (Å²) in [6.45, 7) is 9.12. The van der Waals surface area contributed by atoms with Gasteiger partial charge in [-0.15, -0.1) is 11.3 Å². The van der Waals surface area contributed by atoms with Crippen molar-refractivity contribution in [1.82, 2.24) is 4.48 Å². The SMILES string of the molecule is Cc1cc2c3c(c1)N(c1ccc(C(C)(C)C)cc1-c1ccccc1)c1cc4oc5ccccc5c4cc1B3n1c3c-2cccc3c2sc3ccccc3c21. The van der Waals surface area contributed by atoms with Gasteiger partial charge in [-0.1, -0.05) is 124 Å². The first-order chi connectivity index (χ1) is 26.3. The van der Waals surface area contributed by atoms with Gasteiger partial charge in [-0.2, -0.15) is 0 Å². The van der Waals surface area contributed by atoms with Gasteiger partial charge in [0.2, 0.25) is 0 Å². The maximum atomic E-state index is 6.68. The molecular weight excluding hydrogens is 675 g/mol. The number of rotatable bonds is 2. The van der Waals surface area contributed by atoms with Gasteiger partial charge in [0.05, 0.1) is 15.9 Å². The summed E-state index contributed by atoms with van der Waals surface area (Å²) in [6.07, 6.45) is 0. The Bertz CT molecular complexity index is 3230. The fraction of sp³-hybridized carbons (Fsp3) is 0.102. The number of hydrogen-bond donors (Lipinski definition) is 0. The van der Waals surface area contributed by atoms with Crippen LogP contribution in [0.1, 0.15) is 31.9 Å². The van der Waals surface area contributed by atoms with Crippen LogP contribution in [0.5, 0.6) is 0 Å². The molecule has 2 aliphatic heterocycles. The first-order valence-electron chi connectivity index (χ1n) is 18.9. The molecular formula is C49H35BN2OS. The van der Waals surface area contributed by atoms with Gasteiger partial charge in [-0.25, -0.2) is 0 Å². The summed E-state index contributed by atoms with van der Waals surface area (Å²) in [5.74, 6) is 0. The van der Waals surface area contributed by atoms with Crippen LogP contribution in [0.3, 0.4) is 0 Å². The Labute approximate surface area is 317 Å². The largest absolute Gasteiger partial charge is 0.456 e. The maximum absolute atomic E-state index is 6.68. The minimum absolute atomic E-state index is 0.00587. The summed E-state index contributed by atoms with van der Waals surface area (Å²) in [4.78, 5) is 2.55. The van der Waals surface area contributed by atoms with Crippen LogP contribution in [-0.2, 0) is 5.41 Å². The molecule has 54 heavy (non-hydrogen) atoms. The molecule has 0 atom stereocenters. The predicted octanol–water partition coefficient (Wildman–Crippen LogP) is 12.6. The lowest BCUT2D eigenvalue weighted by Crippen LogP contribution is -2.56. The van der Waals surface area contributed by atoms with Crippen LogP contribution in [0.25, 0.3) is 75.4 Å². The van der Waals surface area contributed by atoms with Gasteiger partial charge < -0.3 is 13.8 Å². The number of hydrogen-bond acceptors (Lipinski definition) is 3. The smallest absolute Gasteiger partial charge is 0.333 e. The molecule has 0 radical (unpaired) electrons. The molecule has 0 aliphatic carbocycles. The number of thiophene rings is 1. The fourth-order valence-electron chi connectivity index (χ4n) is 9.55. The van der Waals surface area contributed by atoms with Crippen molar-refractivity contribution in [2.75, 3.05) is 4.90 Å². The van der Waals surface area contributed by atoms with Gasteiger partial charge in [-0.05, 0) is 75.8 Å². The number of aromatic nitrogens is 1. The second kappa shape index (κ2) is 10.6. The normalized spacial score (nSPS) is 13.5. The Balaban J connectivity index is 1.27. The summed E-state index contributed by atoms with van der Waals surface area (Å²) in [7, 11) is 0. The number of aryl methyl sites for hydroxylation is 1. The predicted molar refractivity (Wildman–Crippen MR) is 232 cm³/mol. The molecule has 2 aliphatic rings. The molecule has 0 amide bonds. The molecule has 5 heterocycles. The zero-order valence-corrected chi connectivity index (χ0v) is 31.4. The number of fused-ring (bicyclic) bond motifs is 12. The molecule has 3 aromatic heterocycles. The molecule has 7 aromatic carbocycles. The van der Waals surface area contributed by atoms with E-state index in [4.69, 9.17) is 4.42 Å². The van der Waals surface area contributed by atoms with E-state index < -0.39 is 0 Å². The highest BCUT2D eigenvalue weighted by molar-refractivity contribution is 7.27. The van der Waals surface area contributed by atoms with E-state index in [1.54, 1.807) is 0 Å². The summed E-state index contributed by atoms with van der Waals surface area (Å²) < 4.78 is 12.1. The lowest BCUT2D eigenvalue weighted by Gasteiger charge is -2.41. The van der Waals surface area contributed by atoms with Crippen molar-refractivity contribution in [3.05, 3.63) is 151 Å². The van der Waals surface area contributed by atoms with Gasteiger partial charge >= 0.3 is 6.85 Å². The molecule has 0 spiro atoms. The summed E-state index contributed by atoms with van der Waals surface area (Å²) in [5, 5.41) is 4.96. The van der Waals surface area contributed by atoms with Crippen molar-refractivity contribution in [1.29, 1.82) is 0 Å². The molecule has 0 N–H and O–H groups in total. The van der Waals surface area contributed by atoms with Crippen molar-refractivity contribution in [2.45, 2.75) is 33.1 Å². The van der Waals surface area contributed by atoms with E-state index in [0.29, 0.717) is 0 Å². The Kier molecular flexibility index (Phi) is 5.95. The summed E-state index contributed by atoms with van der Waals surface area (Å²) in [5.41, 5.74) is 18.3. The van der Waals surface area contributed by atoms with Gasteiger partial charge in [-0.3, -0.25) is 0 Å². The van der Waals surface area contributed by atoms with Crippen LogP contribution < -0.4 is 15.8 Å². The Morgan fingerprint density at radius 2 is 1.35 bits per heavy atom. The van der Waals surface area contributed by atoms with Gasteiger partial charge in [0.15, 0.2) is 0 Å². The zero-order valence-electron chi connectivity index (χ0n) is 30.6. The highest BCUT2D eigenvalue weighted by Gasteiger charge is 2.44. The van der Waals surface area contributed by atoms with Crippen molar-refractivity contribution in [3.63, 3.8) is 0 Å². The Morgan fingerprint density at radius 1 is 0.574 bits per heavy atom. The molecule has 0 fully saturated rings. The van der Waals surface area contributed by atoms with E-state index in [0.717, 1.165) is 27.6 Å². The van der Waals surface area contributed by atoms with Crippen molar-refractivity contribution < 1.29 is 4.42 Å². The van der Waals surface area contributed by atoms with Gasteiger partial charge in [0, 0.05) is 60.3 Å². The lowest BCUT2D eigenvalue weighted by molar-refractivity contribution is 0.590. The molecule has 0 saturated heterocycles. The van der Waals surface area contributed by atoms with E-state index in [-0.39, 0.29) is 12.3 Å². The molecule has 3 nitrogen and oxygen atoms in total. The average molecular weight is 711 g/mol. The van der Waals surface area contributed by atoms with E-state index in [9.17, 15) is 0 Å². The monoisotopic (exact) mass is 710 g/mol. The third-order valence-corrected chi connectivity index (χ3v) is 13.1. The Hall–Kier alpha value is -6.04. The lowest BCUT2D eigenvalue weighted by atomic mass is 9.45. The topological polar surface area (TPSA) is 21.3 Å². The second-order valence-electron chi connectivity index (χ2n) is 16.2. The van der Waals surface area contributed by atoms with E-state index in [1.807, 2.05) is 11.3 Å². The van der Waals surface area contributed by atoms with Crippen molar-refractivity contribution in [3.8, 4) is 22.3 Å². The second-order valence-corrected chi connectivity index (χ2v) is 17.2. The first kappa shape index (κ1) is 30.4. The summed E-state index contributed by atoms with van der Waals surface area (Å²) in [6, 6.07) is 52.0. The standard InChI is InChI=1S/C49H35BN2OS/c1-28-23-37-32-17-12-18-34-46(32)52(47-33-16-9-11-20-44(33)54-48(34)47)50-38-26-36-31-15-8-10-19-42(31)53-43(36)27-40(38)51(41(24-28)45(37)50)39-22-21-30(49(2,3)4)25-35(39)29-13-6-5-7-14-29/h5-27H,1-4H3. The molecule has 256 valence electrons. The quantitative estimate of drug-likeness (QED) is 0.167. The highest BCUT2D eigenvalue weighted by atomic mass is 32.1. The van der Waals surface area contributed by atoms with Crippen molar-refractivity contribution >= 4 is 99.3 Å². The average Bonchev–Trinajstić information content (AvgIpc) is 3.85.